The van der Waals surface area contributed by atoms with E-state index in [1.165, 1.54) is 11.8 Å². The Morgan fingerprint density at radius 1 is 1.16 bits per heavy atom. The van der Waals surface area contributed by atoms with Gasteiger partial charge in [0.2, 0.25) is 11.8 Å². The summed E-state index contributed by atoms with van der Waals surface area (Å²) in [6, 6.07) is 14.4. The number of halogens is 1. The van der Waals surface area contributed by atoms with Crippen molar-refractivity contribution in [2.45, 2.75) is 25.0 Å². The van der Waals surface area contributed by atoms with Gasteiger partial charge in [-0.3, -0.25) is 9.78 Å². The van der Waals surface area contributed by atoms with Crippen LogP contribution < -0.4 is 14.8 Å². The predicted molar refractivity (Wildman–Crippen MR) is 143 cm³/mol. The van der Waals surface area contributed by atoms with Crippen LogP contribution in [0.5, 0.6) is 17.4 Å². The predicted octanol–water partition coefficient (Wildman–Crippen LogP) is 5.43. The highest BCUT2D eigenvalue weighted by Gasteiger charge is 2.28. The van der Waals surface area contributed by atoms with E-state index in [0.29, 0.717) is 62.2 Å². The number of para-hydroxylation sites is 1. The summed E-state index contributed by atoms with van der Waals surface area (Å²) >= 11 is 7.23. The molecule has 2 aromatic carbocycles. The molecule has 0 bridgehead atoms. The number of aromatic nitrogens is 3. The first kappa shape index (κ1) is 25.0. The Labute approximate surface area is 223 Å². The number of aryl methyl sites for hydroxylation is 1. The zero-order chi connectivity index (χ0) is 25.9. The van der Waals surface area contributed by atoms with Gasteiger partial charge in [0.15, 0.2) is 11.6 Å². The van der Waals surface area contributed by atoms with Crippen molar-refractivity contribution in [1.82, 2.24) is 15.0 Å². The van der Waals surface area contributed by atoms with Crippen LogP contribution in [0.25, 0.3) is 11.4 Å². The number of rotatable bonds is 7. The van der Waals surface area contributed by atoms with Crippen molar-refractivity contribution >= 4 is 35.0 Å². The number of hydrogen-bond donors (Lipinski definition) is 2. The lowest BCUT2D eigenvalue weighted by molar-refractivity contribution is -0.113. The molecular weight excluding hydrogens is 512 g/mol. The lowest BCUT2D eigenvalue weighted by Crippen LogP contribution is -2.16. The number of carbonyl (C=O) groups is 1. The molecule has 1 amide bonds. The smallest absolute Gasteiger partial charge is 0.234 e. The first-order valence-corrected chi connectivity index (χ1v) is 12.8. The molecule has 3 heterocycles. The molecule has 5 rings (SSSR count). The quantitative estimate of drug-likeness (QED) is 0.210. The molecule has 0 radical (unpaired) electrons. The number of anilines is 1. The number of methoxy groups -OCH3 is 1. The summed E-state index contributed by atoms with van der Waals surface area (Å²) < 4.78 is 11.8. The Balaban J connectivity index is 1.51. The average Bonchev–Trinajstić information content (AvgIpc) is 2.92. The van der Waals surface area contributed by atoms with Crippen molar-refractivity contribution in [3.05, 3.63) is 82.1 Å². The van der Waals surface area contributed by atoms with Crippen LogP contribution in [0.1, 0.15) is 22.4 Å². The number of nitrogens with zero attached hydrogens (tertiary/aromatic N) is 3. The van der Waals surface area contributed by atoms with Crippen LogP contribution in [-0.2, 0) is 17.8 Å². The van der Waals surface area contributed by atoms with E-state index in [4.69, 9.17) is 31.0 Å². The maximum absolute atomic E-state index is 12.7. The summed E-state index contributed by atoms with van der Waals surface area (Å²) in [7, 11) is 1.59. The van der Waals surface area contributed by atoms with Gasteiger partial charge in [0, 0.05) is 34.5 Å². The number of fused-ring (bicyclic) bond motifs is 2. The van der Waals surface area contributed by atoms with Gasteiger partial charge in [-0.05, 0) is 43.3 Å². The van der Waals surface area contributed by atoms with E-state index >= 15 is 0 Å². The Kier molecular flexibility index (Phi) is 7.27. The minimum Gasteiger partial charge on any atom is -0.496 e. The Hall–Kier alpha value is -3.66. The molecule has 1 aliphatic heterocycles. The molecule has 0 saturated heterocycles. The monoisotopic (exact) mass is 534 g/mol. The first-order chi connectivity index (χ1) is 18.0. The number of nitrogens with one attached hydrogen (secondary N) is 1. The summed E-state index contributed by atoms with van der Waals surface area (Å²) in [5.41, 5.74) is 4.32. The summed E-state index contributed by atoms with van der Waals surface area (Å²) in [6.07, 6.45) is 2.09. The summed E-state index contributed by atoms with van der Waals surface area (Å²) in [5.74, 6) is 1.95. The van der Waals surface area contributed by atoms with Crippen molar-refractivity contribution in [1.29, 1.82) is 0 Å². The van der Waals surface area contributed by atoms with Gasteiger partial charge in [-0.25, -0.2) is 4.98 Å². The minimum atomic E-state index is -0.188. The largest absolute Gasteiger partial charge is 0.496 e. The standard InChI is InChI=1S/C27H23ClN4O4S/c1-15-24-20(16(13-33)12-29-15)11-21-26(36-24)31-25(19-5-3-4-6-22(19)35-2)32-27(21)37-14-23(34)30-18-9-7-17(28)8-10-18/h3-10,12,33H,11,13-14H2,1-2H3,(H,30,34). The maximum Gasteiger partial charge on any atom is 0.234 e. The molecule has 0 aliphatic carbocycles. The van der Waals surface area contributed by atoms with Gasteiger partial charge in [0.1, 0.15) is 10.8 Å². The number of carbonyl (C=O) groups excluding carboxylic acids is 1. The molecular formula is C27H23ClN4O4S. The molecule has 0 atom stereocenters. The normalized spacial score (nSPS) is 11.8. The number of hydrogen-bond acceptors (Lipinski definition) is 8. The Morgan fingerprint density at radius 3 is 2.70 bits per heavy atom. The molecule has 2 aromatic heterocycles. The van der Waals surface area contributed by atoms with E-state index in [0.717, 1.165) is 11.1 Å². The summed E-state index contributed by atoms with van der Waals surface area (Å²) in [6.45, 7) is 1.69. The number of thioether (sulfide) groups is 1. The van der Waals surface area contributed by atoms with Gasteiger partial charge in [0.05, 0.1) is 36.3 Å². The second kappa shape index (κ2) is 10.8. The molecule has 2 N–H and O–H groups in total. The van der Waals surface area contributed by atoms with Crippen LogP contribution in [0.15, 0.2) is 59.8 Å². The minimum absolute atomic E-state index is 0.118. The third-order valence-corrected chi connectivity index (χ3v) is 7.14. The highest BCUT2D eigenvalue weighted by molar-refractivity contribution is 8.00. The van der Waals surface area contributed by atoms with Crippen LogP contribution in [0.3, 0.4) is 0 Å². The van der Waals surface area contributed by atoms with E-state index in [-0.39, 0.29) is 18.3 Å². The number of amides is 1. The Morgan fingerprint density at radius 2 is 1.95 bits per heavy atom. The number of ether oxygens (including phenoxy) is 2. The van der Waals surface area contributed by atoms with Gasteiger partial charge < -0.3 is 19.9 Å². The molecule has 0 saturated carbocycles. The summed E-state index contributed by atoms with van der Waals surface area (Å²) in [5, 5.41) is 14.0. The maximum atomic E-state index is 12.7. The van der Waals surface area contributed by atoms with Crippen LogP contribution in [0, 0.1) is 6.92 Å². The zero-order valence-corrected chi connectivity index (χ0v) is 21.7. The van der Waals surface area contributed by atoms with Crippen molar-refractivity contribution in [3.8, 4) is 28.8 Å². The van der Waals surface area contributed by atoms with Crippen molar-refractivity contribution < 1.29 is 19.4 Å². The molecule has 0 unspecified atom stereocenters. The zero-order valence-electron chi connectivity index (χ0n) is 20.1. The van der Waals surface area contributed by atoms with Gasteiger partial charge in [-0.1, -0.05) is 35.5 Å². The first-order valence-electron chi connectivity index (χ1n) is 11.5. The topological polar surface area (TPSA) is 106 Å². The molecule has 188 valence electrons. The van der Waals surface area contributed by atoms with E-state index in [1.54, 1.807) is 37.6 Å². The molecule has 10 heteroatoms. The fourth-order valence-corrected chi connectivity index (χ4v) is 4.98. The van der Waals surface area contributed by atoms with E-state index in [1.807, 2.05) is 31.2 Å². The second-order valence-electron chi connectivity index (χ2n) is 8.29. The van der Waals surface area contributed by atoms with Crippen LogP contribution >= 0.6 is 23.4 Å². The number of aliphatic hydroxyl groups excluding tert-OH is 1. The second-order valence-corrected chi connectivity index (χ2v) is 9.69. The third kappa shape index (κ3) is 5.24. The average molecular weight is 535 g/mol. The van der Waals surface area contributed by atoms with Gasteiger partial charge in [-0.15, -0.1) is 0 Å². The van der Waals surface area contributed by atoms with Gasteiger partial charge in [0.25, 0.3) is 0 Å². The van der Waals surface area contributed by atoms with Crippen LogP contribution in [-0.4, -0.2) is 38.8 Å². The highest BCUT2D eigenvalue weighted by atomic mass is 35.5. The molecule has 0 spiro atoms. The van der Waals surface area contributed by atoms with Gasteiger partial charge in [-0.2, -0.15) is 4.98 Å². The van der Waals surface area contributed by atoms with Crippen molar-refractivity contribution in [2.24, 2.45) is 0 Å². The molecule has 37 heavy (non-hydrogen) atoms. The van der Waals surface area contributed by atoms with Crippen LogP contribution in [0.4, 0.5) is 5.69 Å². The van der Waals surface area contributed by atoms with E-state index in [9.17, 15) is 9.90 Å². The lowest BCUT2D eigenvalue weighted by atomic mass is 9.99. The SMILES string of the molecule is COc1ccccc1-c1nc2c(c(SCC(=O)Nc3ccc(Cl)cc3)n1)Cc1c(CO)cnc(C)c1O2. The number of benzene rings is 2. The summed E-state index contributed by atoms with van der Waals surface area (Å²) in [4.78, 5) is 26.6. The molecule has 1 aliphatic rings. The lowest BCUT2D eigenvalue weighted by Gasteiger charge is -2.24. The van der Waals surface area contributed by atoms with E-state index in [2.05, 4.69) is 10.3 Å². The molecule has 8 nitrogen and oxygen atoms in total. The third-order valence-electron chi connectivity index (χ3n) is 5.87. The fraction of sp³-hybridized carbons (Fsp3) is 0.185. The van der Waals surface area contributed by atoms with Crippen molar-refractivity contribution in [3.63, 3.8) is 0 Å². The fourth-order valence-electron chi connectivity index (χ4n) is 4.03. The van der Waals surface area contributed by atoms with E-state index < -0.39 is 0 Å². The number of aliphatic hydroxyl groups is 1. The Bertz CT molecular complexity index is 1480. The number of pyridine rings is 1. The van der Waals surface area contributed by atoms with Crippen LogP contribution in [0.2, 0.25) is 5.02 Å². The molecule has 4 aromatic rings. The molecule has 0 fully saturated rings. The van der Waals surface area contributed by atoms with Gasteiger partial charge >= 0.3 is 0 Å². The highest BCUT2D eigenvalue weighted by Crippen LogP contribution is 2.43. The van der Waals surface area contributed by atoms with Crippen molar-refractivity contribution in [2.75, 3.05) is 18.2 Å².